The van der Waals surface area contributed by atoms with Gasteiger partial charge in [0.25, 0.3) is 0 Å². The van der Waals surface area contributed by atoms with Gasteiger partial charge in [-0.3, -0.25) is 0 Å². The molecule has 0 saturated carbocycles. The maximum Gasteiger partial charge on any atom is -0.171 e. The van der Waals surface area contributed by atoms with Crippen LogP contribution in [0.4, 0.5) is 0 Å². The van der Waals surface area contributed by atoms with Crippen LogP contribution in [0.5, 0.6) is 0 Å². The fourth-order valence-corrected chi connectivity index (χ4v) is 5.24. The standard InChI is InChI=1S/2C17H23.C6H5.CH3.2ClH.Si.Zr/c2*1-6-13-7-15-9-14(11(2)3)10-16(12(4)5)17(15)8-13;1-2-4-6-5-3-1;;;;;/h2*7-12H,6H2,1-5H3;1-5H;1H3;2*1H;;/q4*-1;;;;. The van der Waals surface area contributed by atoms with Gasteiger partial charge in [0.15, 0.2) is 0 Å². The summed E-state index contributed by atoms with van der Waals surface area (Å²) < 4.78 is 0. The Balaban J connectivity index is 0. The van der Waals surface area contributed by atoms with Crippen molar-refractivity contribution in [3.8, 4) is 0 Å². The van der Waals surface area contributed by atoms with Crippen molar-refractivity contribution >= 4 is 53.2 Å². The first-order valence-corrected chi connectivity index (χ1v) is 19.9. The Morgan fingerprint density at radius 2 is 0.933 bits per heavy atom. The smallest absolute Gasteiger partial charge is 0.171 e. The van der Waals surface area contributed by atoms with E-state index in [0.717, 1.165) is 12.8 Å². The largest absolute Gasteiger partial charge is 0.184 e. The number of halogens is 2. The Morgan fingerprint density at radius 1 is 0.578 bits per heavy atom. The number of hydrogen-bond acceptors (Lipinski definition) is 0. The van der Waals surface area contributed by atoms with Gasteiger partial charge in [0.1, 0.15) is 0 Å². The molecule has 0 atom stereocenters. The van der Waals surface area contributed by atoms with Gasteiger partial charge in [0.05, 0.1) is 0 Å². The maximum absolute atomic E-state index is 3.06. The van der Waals surface area contributed by atoms with Gasteiger partial charge in [-0.2, -0.15) is 48.5 Å². The molecular weight excluding hydrogens is 683 g/mol. The summed E-state index contributed by atoms with van der Waals surface area (Å²) in [7, 11) is 0. The van der Waals surface area contributed by atoms with Gasteiger partial charge in [0.2, 0.25) is 0 Å². The third-order valence-electron chi connectivity index (χ3n) is 7.87. The predicted molar refractivity (Wildman–Crippen MR) is 206 cm³/mol. The van der Waals surface area contributed by atoms with E-state index in [4.69, 9.17) is 0 Å². The summed E-state index contributed by atoms with van der Waals surface area (Å²) in [5.74, 6) is 2.42. The molecule has 0 nitrogen and oxygen atoms in total. The minimum atomic E-state index is 0. The van der Waals surface area contributed by atoms with Crippen molar-refractivity contribution < 1.29 is 23.3 Å². The van der Waals surface area contributed by atoms with Crippen LogP contribution in [0.2, 0.25) is 0 Å². The summed E-state index contributed by atoms with van der Waals surface area (Å²) >= 11 is 1.36. The quantitative estimate of drug-likeness (QED) is 0.120. The van der Waals surface area contributed by atoms with Crippen LogP contribution in [0, 0.1) is 13.5 Å². The zero-order valence-corrected chi connectivity index (χ0v) is 34.6. The van der Waals surface area contributed by atoms with E-state index in [2.05, 4.69) is 131 Å². The fraction of sp³-hybridized carbons (Fsp3) is 0.390. The molecule has 0 aliphatic rings. The predicted octanol–water partition coefficient (Wildman–Crippen LogP) is 13.1. The average Bonchev–Trinajstić information content (AvgIpc) is 3.62. The normalized spacial score (nSPS) is 10.2. The molecule has 0 aliphatic heterocycles. The summed E-state index contributed by atoms with van der Waals surface area (Å²) in [6.07, 6.45) is 2.26. The summed E-state index contributed by atoms with van der Waals surface area (Å²) in [4.78, 5) is 0. The number of hydrogen-bond donors (Lipinski definition) is 0. The van der Waals surface area contributed by atoms with E-state index in [-0.39, 0.29) is 32.2 Å². The second-order valence-electron chi connectivity index (χ2n) is 12.4. The number of benzene rings is 3. The summed E-state index contributed by atoms with van der Waals surface area (Å²) in [6.45, 7) is 25.8. The first-order valence-electron chi connectivity index (χ1n) is 15.7. The Hall–Kier alpha value is -1.44. The van der Waals surface area contributed by atoms with Gasteiger partial charge in [-0.1, -0.05) is 104 Å². The molecule has 2 radical (unpaired) electrons. The Kier molecular flexibility index (Phi) is 23.3. The molecule has 4 heteroatoms. The molecule has 0 amide bonds. The minimum Gasteiger partial charge on any atom is -0.184 e. The zero-order chi connectivity index (χ0) is 31.4. The topological polar surface area (TPSA) is 0 Å². The van der Waals surface area contributed by atoms with Crippen LogP contribution in [-0.2, 0) is 36.2 Å². The van der Waals surface area contributed by atoms with Crippen molar-refractivity contribution in [3.63, 3.8) is 0 Å². The molecule has 5 rings (SSSR count). The van der Waals surface area contributed by atoms with E-state index < -0.39 is 0 Å². The van der Waals surface area contributed by atoms with Crippen molar-refractivity contribution in [1.82, 2.24) is 0 Å². The van der Waals surface area contributed by atoms with Crippen LogP contribution in [-0.4, -0.2) is 6.88 Å². The van der Waals surface area contributed by atoms with E-state index in [1.807, 2.05) is 30.3 Å². The molecule has 0 spiro atoms. The van der Waals surface area contributed by atoms with Gasteiger partial charge in [-0.15, -0.1) is 81.8 Å². The van der Waals surface area contributed by atoms with E-state index in [9.17, 15) is 0 Å². The van der Waals surface area contributed by atoms with Crippen molar-refractivity contribution in [2.45, 2.75) is 106 Å². The number of aryl methyl sites for hydroxylation is 2. The number of rotatable bonds is 6. The van der Waals surface area contributed by atoms with Crippen LogP contribution < -0.4 is 0 Å². The monoisotopic (exact) mass is 736 g/mol. The molecular formula is C41H56Cl2SiZr-4. The average molecular weight is 739 g/mol. The molecule has 0 bridgehead atoms. The summed E-state index contributed by atoms with van der Waals surface area (Å²) in [5.41, 5.74) is 8.87. The first kappa shape index (κ1) is 45.7. The van der Waals surface area contributed by atoms with Crippen LogP contribution in [0.3, 0.4) is 0 Å². The first-order chi connectivity index (χ1) is 20.0. The molecule has 0 fully saturated rings. The second kappa shape index (κ2) is 23.0. The van der Waals surface area contributed by atoms with Crippen LogP contribution in [0.1, 0.15) is 126 Å². The SMILES string of the molecule is CCc1cc2c(C(C)C)cc(C(C)C)cc2[cH-]1.CCc1cc2c(C(C)C)cc(C(C)C)cc2[cH-]1.Cl.Cl.[CH3-].[Si]=[Zr].[c-]1ccccc1. The molecule has 0 aromatic heterocycles. The number of fused-ring (bicyclic) bond motifs is 2. The van der Waals surface area contributed by atoms with E-state index in [1.54, 1.807) is 0 Å². The summed E-state index contributed by atoms with van der Waals surface area (Å²) in [5, 5.41) is 5.77. The van der Waals surface area contributed by atoms with Gasteiger partial charge in [-0.05, 0) is 36.5 Å². The van der Waals surface area contributed by atoms with Gasteiger partial charge in [0, 0.05) is 0 Å². The minimum absolute atomic E-state index is 0. The van der Waals surface area contributed by atoms with Crippen LogP contribution >= 0.6 is 24.8 Å². The molecule has 0 saturated heterocycles. The van der Waals surface area contributed by atoms with E-state index >= 15 is 0 Å². The van der Waals surface area contributed by atoms with Gasteiger partial charge >= 0.3 is 30.2 Å². The van der Waals surface area contributed by atoms with E-state index in [0.29, 0.717) is 23.7 Å². The van der Waals surface area contributed by atoms with Gasteiger partial charge in [-0.25, -0.2) is 0 Å². The molecule has 246 valence electrons. The van der Waals surface area contributed by atoms with Crippen LogP contribution in [0.25, 0.3) is 21.5 Å². The zero-order valence-electron chi connectivity index (χ0n) is 29.5. The molecule has 5 aromatic rings. The second-order valence-corrected chi connectivity index (χ2v) is 12.4. The van der Waals surface area contributed by atoms with Crippen molar-refractivity contribution in [3.05, 3.63) is 126 Å². The fourth-order valence-electron chi connectivity index (χ4n) is 5.24. The maximum atomic E-state index is 3.06. The molecule has 0 unspecified atom stereocenters. The third kappa shape index (κ3) is 13.3. The van der Waals surface area contributed by atoms with E-state index in [1.165, 1.54) is 78.3 Å². The third-order valence-corrected chi connectivity index (χ3v) is 7.87. The van der Waals surface area contributed by atoms with Crippen LogP contribution in [0.15, 0.2) is 78.9 Å². The summed E-state index contributed by atoms with van der Waals surface area (Å²) in [6, 6.07) is 31.5. The molecule has 5 aromatic carbocycles. The Labute approximate surface area is 305 Å². The van der Waals surface area contributed by atoms with Gasteiger partial charge < -0.3 is 7.43 Å². The molecule has 45 heavy (non-hydrogen) atoms. The van der Waals surface area contributed by atoms with Crippen molar-refractivity contribution in [1.29, 1.82) is 0 Å². The van der Waals surface area contributed by atoms with Crippen molar-refractivity contribution in [2.75, 3.05) is 0 Å². The Bertz CT molecular complexity index is 1370. The Morgan fingerprint density at radius 3 is 1.16 bits per heavy atom. The molecule has 0 aliphatic carbocycles. The molecule has 0 N–H and O–H groups in total. The van der Waals surface area contributed by atoms with Crippen molar-refractivity contribution in [2.24, 2.45) is 0 Å². The molecule has 0 heterocycles.